The predicted octanol–water partition coefficient (Wildman–Crippen LogP) is 2.48. The van der Waals surface area contributed by atoms with Crippen molar-refractivity contribution < 1.29 is 9.13 Å². The van der Waals surface area contributed by atoms with E-state index >= 15 is 0 Å². The number of hydrogen-bond donors (Lipinski definition) is 1. The first-order valence-corrected chi connectivity index (χ1v) is 6.85. The molecule has 6 heteroatoms. The van der Waals surface area contributed by atoms with Crippen LogP contribution in [-0.4, -0.2) is 9.13 Å². The molecule has 1 atom stereocenters. The van der Waals surface area contributed by atoms with E-state index in [0.29, 0.717) is 16.1 Å². The third-order valence-electron chi connectivity index (χ3n) is 2.56. The van der Waals surface area contributed by atoms with E-state index in [-0.39, 0.29) is 11.4 Å². The van der Waals surface area contributed by atoms with E-state index in [2.05, 4.69) is 0 Å². The van der Waals surface area contributed by atoms with Crippen LogP contribution in [0.4, 0.5) is 11.4 Å². The Morgan fingerprint density at radius 3 is 2.47 bits per heavy atom. The second-order valence-electron chi connectivity index (χ2n) is 3.99. The van der Waals surface area contributed by atoms with E-state index in [1.807, 2.05) is 0 Å². The lowest BCUT2D eigenvalue weighted by atomic mass is 10.2. The first-order chi connectivity index (χ1) is 9.06. The smallest absolute Gasteiger partial charge is 0.269 e. The van der Waals surface area contributed by atoms with Gasteiger partial charge in [0.2, 0.25) is 0 Å². The van der Waals surface area contributed by atoms with Crippen molar-refractivity contribution in [2.45, 2.75) is 10.6 Å². The molecule has 2 aromatic rings. The monoisotopic (exact) mass is 276 g/mol. The number of hydrogen-bond acceptors (Lipinski definition) is 4. The summed E-state index contributed by atoms with van der Waals surface area (Å²) in [5.41, 5.74) is 6.84. The molecule has 0 aliphatic rings. The van der Waals surface area contributed by atoms with Gasteiger partial charge in [-0.15, -0.1) is 0 Å². The fraction of sp³-hybridized carbons (Fsp3) is 0.0769. The molecule has 0 aliphatic carbocycles. The molecule has 0 fully saturated rings. The Morgan fingerprint density at radius 2 is 1.84 bits per heavy atom. The number of nitro groups is 1. The van der Waals surface area contributed by atoms with Gasteiger partial charge >= 0.3 is 0 Å². The van der Waals surface area contributed by atoms with Crippen LogP contribution in [0.25, 0.3) is 0 Å². The number of rotatable bonds is 4. The molecule has 0 radical (unpaired) electrons. The maximum Gasteiger partial charge on any atom is 0.269 e. The molecule has 98 valence electrons. The zero-order chi connectivity index (χ0) is 13.8. The van der Waals surface area contributed by atoms with Crippen LogP contribution in [0, 0.1) is 10.1 Å². The van der Waals surface area contributed by atoms with E-state index in [4.69, 9.17) is 5.73 Å². The molecule has 0 aliphatic heterocycles. The summed E-state index contributed by atoms with van der Waals surface area (Å²) in [5, 5.41) is 10.7. The Balaban J connectivity index is 2.17. The summed E-state index contributed by atoms with van der Waals surface area (Å²) < 4.78 is 12.1. The summed E-state index contributed by atoms with van der Waals surface area (Å²) in [4.78, 5) is 10.9. The summed E-state index contributed by atoms with van der Waals surface area (Å²) in [7, 11) is -1.24. The molecule has 0 saturated carbocycles. The van der Waals surface area contributed by atoms with Crippen molar-refractivity contribution in [3.05, 3.63) is 64.2 Å². The van der Waals surface area contributed by atoms with Crippen molar-refractivity contribution in [1.82, 2.24) is 0 Å². The lowest BCUT2D eigenvalue weighted by Gasteiger charge is -2.03. The molecule has 2 N–H and O–H groups in total. The van der Waals surface area contributed by atoms with Crippen molar-refractivity contribution in [2.75, 3.05) is 5.73 Å². The Morgan fingerprint density at radius 1 is 1.16 bits per heavy atom. The minimum Gasteiger partial charge on any atom is -0.399 e. The standard InChI is InChI=1S/C13H12N2O3S/c14-11-4-6-13(7-5-11)19(18)9-10-2-1-3-12(8-10)15(16)17/h1-8H,9,14H2. The zero-order valence-electron chi connectivity index (χ0n) is 9.98. The summed E-state index contributed by atoms with van der Waals surface area (Å²) in [6.07, 6.45) is 0. The van der Waals surface area contributed by atoms with E-state index in [9.17, 15) is 14.3 Å². The minimum atomic E-state index is -1.24. The van der Waals surface area contributed by atoms with Gasteiger partial charge in [0, 0.05) is 22.7 Å². The number of nitrogens with zero attached hydrogens (tertiary/aromatic N) is 1. The Hall–Kier alpha value is -2.21. The SMILES string of the molecule is Nc1ccc(S(=O)Cc2cccc([N+](=O)[O-])c2)cc1. The van der Waals surface area contributed by atoms with Crippen LogP contribution < -0.4 is 5.73 Å². The molecule has 2 aromatic carbocycles. The predicted molar refractivity (Wildman–Crippen MR) is 74.1 cm³/mol. The highest BCUT2D eigenvalue weighted by Gasteiger charge is 2.09. The molecular weight excluding hydrogens is 264 g/mol. The van der Waals surface area contributed by atoms with Crippen LogP contribution in [0.5, 0.6) is 0 Å². The van der Waals surface area contributed by atoms with Gasteiger partial charge in [0.25, 0.3) is 5.69 Å². The minimum absolute atomic E-state index is 0.00630. The van der Waals surface area contributed by atoms with Crippen molar-refractivity contribution in [1.29, 1.82) is 0 Å². The van der Waals surface area contributed by atoms with Crippen LogP contribution in [0.15, 0.2) is 53.4 Å². The Labute approximate surface area is 112 Å². The second kappa shape index (κ2) is 5.62. The van der Waals surface area contributed by atoms with Gasteiger partial charge in [-0.25, -0.2) is 0 Å². The lowest BCUT2D eigenvalue weighted by molar-refractivity contribution is -0.384. The topological polar surface area (TPSA) is 86.2 Å². The second-order valence-corrected chi connectivity index (χ2v) is 5.44. The van der Waals surface area contributed by atoms with Crippen LogP contribution >= 0.6 is 0 Å². The molecule has 1 unspecified atom stereocenters. The Bertz CT molecular complexity index is 626. The fourth-order valence-corrected chi connectivity index (χ4v) is 2.70. The summed E-state index contributed by atoms with van der Waals surface area (Å²) in [5.74, 6) is 0.242. The number of nitro benzene ring substituents is 1. The van der Waals surface area contributed by atoms with Gasteiger partial charge in [0.15, 0.2) is 0 Å². The largest absolute Gasteiger partial charge is 0.399 e. The van der Waals surface area contributed by atoms with Gasteiger partial charge in [-0.1, -0.05) is 12.1 Å². The normalized spacial score (nSPS) is 12.0. The molecule has 2 rings (SSSR count). The highest BCUT2D eigenvalue weighted by molar-refractivity contribution is 7.84. The molecule has 5 nitrogen and oxygen atoms in total. The van der Waals surface area contributed by atoms with E-state index in [1.54, 1.807) is 36.4 Å². The maximum absolute atomic E-state index is 12.1. The van der Waals surface area contributed by atoms with Gasteiger partial charge in [-0.3, -0.25) is 14.3 Å². The summed E-state index contributed by atoms with van der Waals surface area (Å²) in [6.45, 7) is 0. The van der Waals surface area contributed by atoms with Gasteiger partial charge < -0.3 is 5.73 Å². The lowest BCUT2D eigenvalue weighted by Crippen LogP contribution is -1.98. The highest BCUT2D eigenvalue weighted by atomic mass is 32.2. The van der Waals surface area contributed by atoms with Crippen LogP contribution in [0.1, 0.15) is 5.56 Å². The fourth-order valence-electron chi connectivity index (χ4n) is 1.61. The first-order valence-electron chi connectivity index (χ1n) is 5.53. The molecule has 19 heavy (non-hydrogen) atoms. The number of anilines is 1. The van der Waals surface area contributed by atoms with E-state index in [1.165, 1.54) is 12.1 Å². The van der Waals surface area contributed by atoms with Crippen molar-refractivity contribution in [2.24, 2.45) is 0 Å². The quantitative estimate of drug-likeness (QED) is 0.528. The average molecular weight is 276 g/mol. The molecule has 0 heterocycles. The highest BCUT2D eigenvalue weighted by Crippen LogP contribution is 2.18. The third kappa shape index (κ3) is 3.38. The van der Waals surface area contributed by atoms with Crippen LogP contribution in [0.2, 0.25) is 0 Å². The van der Waals surface area contributed by atoms with Crippen LogP contribution in [-0.2, 0) is 16.6 Å². The zero-order valence-corrected chi connectivity index (χ0v) is 10.8. The molecule has 0 amide bonds. The van der Waals surface area contributed by atoms with Gasteiger partial charge in [-0.2, -0.15) is 0 Å². The first kappa shape index (κ1) is 13.2. The van der Waals surface area contributed by atoms with E-state index in [0.717, 1.165) is 0 Å². The number of benzene rings is 2. The number of non-ortho nitro benzene ring substituents is 1. The van der Waals surface area contributed by atoms with Gasteiger partial charge in [0.05, 0.1) is 21.5 Å². The molecule has 0 saturated heterocycles. The molecule has 0 spiro atoms. The van der Waals surface area contributed by atoms with Gasteiger partial charge in [-0.05, 0) is 29.8 Å². The van der Waals surface area contributed by atoms with Crippen molar-refractivity contribution in [3.8, 4) is 0 Å². The average Bonchev–Trinajstić information content (AvgIpc) is 2.39. The van der Waals surface area contributed by atoms with Crippen molar-refractivity contribution >= 4 is 22.2 Å². The van der Waals surface area contributed by atoms with Crippen LogP contribution in [0.3, 0.4) is 0 Å². The number of nitrogen functional groups attached to an aromatic ring is 1. The summed E-state index contributed by atoms with van der Waals surface area (Å²) in [6, 6.07) is 12.9. The Kier molecular flexibility index (Phi) is 3.91. The summed E-state index contributed by atoms with van der Waals surface area (Å²) >= 11 is 0. The number of nitrogens with two attached hydrogens (primary N) is 1. The molecule has 0 aromatic heterocycles. The van der Waals surface area contributed by atoms with Gasteiger partial charge in [0.1, 0.15) is 0 Å². The third-order valence-corrected chi connectivity index (χ3v) is 3.96. The molecule has 0 bridgehead atoms. The molecular formula is C13H12N2O3S. The van der Waals surface area contributed by atoms with Crippen molar-refractivity contribution in [3.63, 3.8) is 0 Å². The van der Waals surface area contributed by atoms with E-state index < -0.39 is 15.7 Å². The maximum atomic E-state index is 12.1.